The van der Waals surface area contributed by atoms with Crippen LogP contribution >= 0.6 is 0 Å². The number of carbonyl (C=O) groups excluding carboxylic acids is 1. The Balaban J connectivity index is 1.47. The van der Waals surface area contributed by atoms with Gasteiger partial charge in [-0.15, -0.1) is 0 Å². The van der Waals surface area contributed by atoms with E-state index >= 15 is 0 Å². The van der Waals surface area contributed by atoms with Crippen molar-refractivity contribution in [3.8, 4) is 17.1 Å². The zero-order valence-corrected chi connectivity index (χ0v) is 14.5. The van der Waals surface area contributed by atoms with E-state index in [-0.39, 0.29) is 18.2 Å². The number of ether oxygens (including phenoxy) is 2. The normalized spacial score (nSPS) is 10.7. The monoisotopic (exact) mass is 361 g/mol. The third kappa shape index (κ3) is 3.48. The molecular formula is C20H15N3O4. The van der Waals surface area contributed by atoms with Gasteiger partial charge in [-0.2, -0.15) is 4.98 Å². The highest BCUT2D eigenvalue weighted by Crippen LogP contribution is 2.27. The largest absolute Gasteiger partial charge is 0.496 e. The average Bonchev–Trinajstić information content (AvgIpc) is 3.20. The van der Waals surface area contributed by atoms with Crippen molar-refractivity contribution in [1.29, 1.82) is 0 Å². The van der Waals surface area contributed by atoms with Gasteiger partial charge in [0.05, 0.1) is 18.2 Å². The van der Waals surface area contributed by atoms with Gasteiger partial charge in [-0.1, -0.05) is 41.6 Å². The Labute approximate surface area is 154 Å². The molecule has 2 aromatic carbocycles. The lowest BCUT2D eigenvalue weighted by atomic mass is 10.2. The van der Waals surface area contributed by atoms with Crippen LogP contribution in [0.25, 0.3) is 22.3 Å². The Bertz CT molecular complexity index is 1110. The van der Waals surface area contributed by atoms with Gasteiger partial charge < -0.3 is 14.0 Å². The van der Waals surface area contributed by atoms with Crippen molar-refractivity contribution < 1.29 is 18.8 Å². The number of para-hydroxylation sites is 2. The molecule has 4 rings (SSSR count). The smallest absolute Gasteiger partial charge is 0.357 e. The standard InChI is InChI=1S/C20H15N3O4/c1-25-17-9-5-3-7-14(17)19-22-18(27-23-19)12-26-20(24)16-11-10-13-6-2-4-8-15(13)21-16/h2-11H,12H2,1H3. The number of hydrogen-bond acceptors (Lipinski definition) is 7. The summed E-state index contributed by atoms with van der Waals surface area (Å²) in [6.07, 6.45) is 0. The number of nitrogens with zero attached hydrogens (tertiary/aromatic N) is 3. The van der Waals surface area contributed by atoms with E-state index < -0.39 is 5.97 Å². The Morgan fingerprint density at radius 2 is 1.81 bits per heavy atom. The Kier molecular flexibility index (Phi) is 4.49. The molecule has 7 heteroatoms. The zero-order valence-electron chi connectivity index (χ0n) is 14.5. The van der Waals surface area contributed by atoms with E-state index in [1.165, 1.54) is 0 Å². The van der Waals surface area contributed by atoms with Gasteiger partial charge in [-0.3, -0.25) is 0 Å². The molecule has 27 heavy (non-hydrogen) atoms. The van der Waals surface area contributed by atoms with Gasteiger partial charge in [-0.05, 0) is 24.3 Å². The van der Waals surface area contributed by atoms with Crippen molar-refractivity contribution in [2.45, 2.75) is 6.61 Å². The van der Waals surface area contributed by atoms with Gasteiger partial charge in [0.1, 0.15) is 11.4 Å². The van der Waals surface area contributed by atoms with Gasteiger partial charge >= 0.3 is 5.97 Å². The first-order valence-electron chi connectivity index (χ1n) is 8.23. The number of rotatable bonds is 5. The number of aromatic nitrogens is 3. The first-order valence-corrected chi connectivity index (χ1v) is 8.23. The summed E-state index contributed by atoms with van der Waals surface area (Å²) in [5.41, 5.74) is 1.64. The molecule has 0 N–H and O–H groups in total. The second kappa shape index (κ2) is 7.25. The molecule has 0 saturated heterocycles. The van der Waals surface area contributed by atoms with Crippen molar-refractivity contribution in [1.82, 2.24) is 15.1 Å². The van der Waals surface area contributed by atoms with Crippen LogP contribution in [0.1, 0.15) is 16.4 Å². The topological polar surface area (TPSA) is 87.3 Å². The lowest BCUT2D eigenvalue weighted by Crippen LogP contribution is -2.07. The summed E-state index contributed by atoms with van der Waals surface area (Å²) in [6, 6.07) is 18.3. The molecule has 0 saturated carbocycles. The number of esters is 1. The lowest BCUT2D eigenvalue weighted by Gasteiger charge is -2.03. The Morgan fingerprint density at radius 3 is 2.70 bits per heavy atom. The van der Waals surface area contributed by atoms with Crippen LogP contribution in [0.5, 0.6) is 5.75 Å². The van der Waals surface area contributed by atoms with Crippen molar-refractivity contribution in [3.05, 3.63) is 72.2 Å². The number of fused-ring (bicyclic) bond motifs is 1. The summed E-state index contributed by atoms with van der Waals surface area (Å²) in [7, 11) is 1.57. The highest BCUT2D eigenvalue weighted by Gasteiger charge is 2.15. The quantitative estimate of drug-likeness (QED) is 0.501. The predicted molar refractivity (Wildman–Crippen MR) is 97.1 cm³/mol. The van der Waals surface area contributed by atoms with Crippen molar-refractivity contribution in [3.63, 3.8) is 0 Å². The molecule has 0 fully saturated rings. The molecule has 0 aliphatic carbocycles. The first-order chi connectivity index (χ1) is 13.2. The molecular weight excluding hydrogens is 346 g/mol. The minimum absolute atomic E-state index is 0.143. The molecule has 0 amide bonds. The molecule has 7 nitrogen and oxygen atoms in total. The molecule has 0 radical (unpaired) electrons. The maximum absolute atomic E-state index is 12.2. The summed E-state index contributed by atoms with van der Waals surface area (Å²) in [5.74, 6) is 0.618. The van der Waals surface area contributed by atoms with Crippen LogP contribution in [-0.2, 0) is 11.3 Å². The van der Waals surface area contributed by atoms with Crippen LogP contribution in [0, 0.1) is 0 Å². The van der Waals surface area contributed by atoms with Gasteiger partial charge in [0, 0.05) is 5.39 Å². The Morgan fingerprint density at radius 1 is 1.00 bits per heavy atom. The van der Waals surface area contributed by atoms with Gasteiger partial charge in [0.15, 0.2) is 6.61 Å². The molecule has 0 aliphatic heterocycles. The number of carbonyl (C=O) groups is 1. The molecule has 4 aromatic rings. The minimum atomic E-state index is -0.558. The van der Waals surface area contributed by atoms with Crippen LogP contribution in [0.15, 0.2) is 65.2 Å². The molecule has 0 atom stereocenters. The second-order valence-corrected chi connectivity index (χ2v) is 5.68. The van der Waals surface area contributed by atoms with E-state index in [9.17, 15) is 4.79 Å². The van der Waals surface area contributed by atoms with Gasteiger partial charge in [-0.25, -0.2) is 9.78 Å². The van der Waals surface area contributed by atoms with Crippen molar-refractivity contribution in [2.75, 3.05) is 7.11 Å². The molecule has 0 aliphatic rings. The fraction of sp³-hybridized carbons (Fsp3) is 0.100. The minimum Gasteiger partial charge on any atom is -0.496 e. The summed E-state index contributed by atoms with van der Waals surface area (Å²) in [4.78, 5) is 20.8. The Hall–Kier alpha value is -3.74. The SMILES string of the molecule is COc1ccccc1-c1noc(COC(=O)c2ccc3ccccc3n2)n1. The molecule has 2 heterocycles. The van der Waals surface area contributed by atoms with E-state index in [2.05, 4.69) is 15.1 Å². The van der Waals surface area contributed by atoms with E-state index in [0.717, 1.165) is 10.9 Å². The maximum atomic E-state index is 12.2. The average molecular weight is 361 g/mol. The maximum Gasteiger partial charge on any atom is 0.357 e. The highest BCUT2D eigenvalue weighted by atomic mass is 16.6. The van der Waals surface area contributed by atoms with Crippen LogP contribution in [-0.4, -0.2) is 28.2 Å². The number of pyridine rings is 1. The number of methoxy groups -OCH3 is 1. The van der Waals surface area contributed by atoms with E-state index in [1.54, 1.807) is 19.2 Å². The molecule has 0 bridgehead atoms. The van der Waals surface area contributed by atoms with Crippen molar-refractivity contribution >= 4 is 16.9 Å². The predicted octanol–water partition coefficient (Wildman–Crippen LogP) is 3.65. The molecule has 0 unspecified atom stereocenters. The molecule has 134 valence electrons. The summed E-state index contributed by atoms with van der Waals surface area (Å²) in [5, 5.41) is 4.86. The molecule has 2 aromatic heterocycles. The number of hydrogen-bond donors (Lipinski definition) is 0. The van der Waals surface area contributed by atoms with Gasteiger partial charge in [0.25, 0.3) is 5.89 Å². The highest BCUT2D eigenvalue weighted by molar-refractivity contribution is 5.90. The summed E-state index contributed by atoms with van der Waals surface area (Å²) >= 11 is 0. The summed E-state index contributed by atoms with van der Waals surface area (Å²) < 4.78 is 15.7. The van der Waals surface area contributed by atoms with Crippen LogP contribution in [0.2, 0.25) is 0 Å². The van der Waals surface area contributed by atoms with E-state index in [0.29, 0.717) is 17.1 Å². The zero-order chi connectivity index (χ0) is 18.6. The van der Waals surface area contributed by atoms with Crippen LogP contribution in [0.4, 0.5) is 0 Å². The number of benzene rings is 2. The second-order valence-electron chi connectivity index (χ2n) is 5.68. The first kappa shape index (κ1) is 16.7. The van der Waals surface area contributed by atoms with Crippen LogP contribution in [0.3, 0.4) is 0 Å². The van der Waals surface area contributed by atoms with Crippen LogP contribution < -0.4 is 4.74 Å². The van der Waals surface area contributed by atoms with Crippen molar-refractivity contribution in [2.24, 2.45) is 0 Å². The fourth-order valence-corrected chi connectivity index (χ4v) is 2.63. The lowest BCUT2D eigenvalue weighted by molar-refractivity contribution is 0.0423. The van der Waals surface area contributed by atoms with Gasteiger partial charge in [0.2, 0.25) is 5.82 Å². The van der Waals surface area contributed by atoms with E-state index in [1.807, 2.05) is 48.5 Å². The molecule has 0 spiro atoms. The summed E-state index contributed by atoms with van der Waals surface area (Å²) in [6.45, 7) is -0.143. The van der Waals surface area contributed by atoms with E-state index in [4.69, 9.17) is 14.0 Å². The third-order valence-electron chi connectivity index (χ3n) is 3.95. The fourth-order valence-electron chi connectivity index (χ4n) is 2.63. The third-order valence-corrected chi connectivity index (χ3v) is 3.95.